The molecule has 1 rings (SSSR count). The predicted molar refractivity (Wildman–Crippen MR) is 89.8 cm³/mol. The van der Waals surface area contributed by atoms with Crippen molar-refractivity contribution in [3.05, 3.63) is 35.1 Å². The van der Waals surface area contributed by atoms with Crippen molar-refractivity contribution >= 4 is 5.96 Å². The first-order valence-electron chi connectivity index (χ1n) is 7.79. The Morgan fingerprint density at radius 1 is 1.32 bits per heavy atom. The summed E-state index contributed by atoms with van der Waals surface area (Å²) in [7, 11) is 1.72. The van der Waals surface area contributed by atoms with Crippen LogP contribution in [0.4, 0.5) is 4.39 Å². The maximum atomic E-state index is 13.6. The summed E-state index contributed by atoms with van der Waals surface area (Å²) in [6.45, 7) is 9.30. The van der Waals surface area contributed by atoms with Crippen LogP contribution in [0.5, 0.6) is 0 Å². The molecule has 124 valence electrons. The molecule has 0 aliphatic rings. The second-order valence-corrected chi connectivity index (χ2v) is 5.65. The Balaban J connectivity index is 2.43. The Kier molecular flexibility index (Phi) is 7.88. The van der Waals surface area contributed by atoms with E-state index in [-0.39, 0.29) is 18.0 Å². The summed E-state index contributed by atoms with van der Waals surface area (Å²) in [5, 5.41) is 6.50. The minimum atomic E-state index is -0.181. The van der Waals surface area contributed by atoms with Gasteiger partial charge in [-0.05, 0) is 51.3 Å². The molecular weight excluding hydrogens is 281 g/mol. The Morgan fingerprint density at radius 2 is 2.05 bits per heavy atom. The van der Waals surface area contributed by atoms with Crippen molar-refractivity contribution in [1.29, 1.82) is 0 Å². The van der Waals surface area contributed by atoms with Crippen LogP contribution in [0.1, 0.15) is 44.4 Å². The minimum Gasteiger partial charge on any atom is -0.379 e. The molecule has 0 bridgehead atoms. The van der Waals surface area contributed by atoms with Crippen LogP contribution >= 0.6 is 0 Å². The third-order valence-electron chi connectivity index (χ3n) is 3.34. The summed E-state index contributed by atoms with van der Waals surface area (Å²) in [4.78, 5) is 4.19. The van der Waals surface area contributed by atoms with Crippen LogP contribution in [0.15, 0.2) is 23.2 Å². The van der Waals surface area contributed by atoms with Gasteiger partial charge in [-0.1, -0.05) is 12.1 Å². The summed E-state index contributed by atoms with van der Waals surface area (Å²) in [5.41, 5.74) is 1.55. The molecule has 2 N–H and O–H groups in total. The van der Waals surface area contributed by atoms with Gasteiger partial charge in [-0.15, -0.1) is 0 Å². The van der Waals surface area contributed by atoms with Crippen LogP contribution < -0.4 is 10.6 Å². The average molecular weight is 309 g/mol. The van der Waals surface area contributed by atoms with Gasteiger partial charge in [-0.3, -0.25) is 4.99 Å². The zero-order valence-electron chi connectivity index (χ0n) is 14.2. The largest absolute Gasteiger partial charge is 0.379 e. The molecule has 0 aliphatic carbocycles. The van der Waals surface area contributed by atoms with Gasteiger partial charge in [0.2, 0.25) is 0 Å². The van der Waals surface area contributed by atoms with Gasteiger partial charge in [0.05, 0.1) is 12.1 Å². The van der Waals surface area contributed by atoms with Crippen molar-refractivity contribution in [2.24, 2.45) is 4.99 Å². The van der Waals surface area contributed by atoms with Crippen molar-refractivity contribution in [1.82, 2.24) is 10.6 Å². The smallest absolute Gasteiger partial charge is 0.191 e. The second-order valence-electron chi connectivity index (χ2n) is 5.65. The highest BCUT2D eigenvalue weighted by Gasteiger charge is 2.09. The maximum absolute atomic E-state index is 13.6. The molecule has 5 heteroatoms. The van der Waals surface area contributed by atoms with E-state index in [0.717, 1.165) is 25.1 Å². The number of hydrogen-bond acceptors (Lipinski definition) is 2. The highest BCUT2D eigenvalue weighted by molar-refractivity contribution is 5.80. The van der Waals surface area contributed by atoms with Crippen LogP contribution in [-0.2, 0) is 4.74 Å². The molecule has 0 spiro atoms. The van der Waals surface area contributed by atoms with Gasteiger partial charge >= 0.3 is 0 Å². The lowest BCUT2D eigenvalue weighted by Crippen LogP contribution is -2.39. The number of hydrogen-bond donors (Lipinski definition) is 2. The molecule has 1 aromatic carbocycles. The van der Waals surface area contributed by atoms with Crippen molar-refractivity contribution in [2.45, 2.75) is 46.3 Å². The first kappa shape index (κ1) is 18.4. The molecule has 0 fully saturated rings. The fraction of sp³-hybridized carbons (Fsp3) is 0.588. The van der Waals surface area contributed by atoms with Gasteiger partial charge in [0.1, 0.15) is 5.82 Å². The van der Waals surface area contributed by atoms with E-state index in [2.05, 4.69) is 15.6 Å². The van der Waals surface area contributed by atoms with Gasteiger partial charge in [0.15, 0.2) is 5.96 Å². The lowest BCUT2D eigenvalue weighted by atomic mass is 10.1. The number of ether oxygens (including phenoxy) is 1. The lowest BCUT2D eigenvalue weighted by Gasteiger charge is -2.19. The van der Waals surface area contributed by atoms with E-state index in [1.165, 1.54) is 0 Å². The Labute approximate surface area is 133 Å². The fourth-order valence-electron chi connectivity index (χ4n) is 1.96. The van der Waals surface area contributed by atoms with Gasteiger partial charge in [0, 0.05) is 20.2 Å². The van der Waals surface area contributed by atoms with Crippen LogP contribution in [0.25, 0.3) is 0 Å². The molecule has 0 radical (unpaired) electrons. The fourth-order valence-corrected chi connectivity index (χ4v) is 1.96. The summed E-state index contributed by atoms with van der Waals surface area (Å²) in [6.07, 6.45) is 1.17. The molecule has 0 heterocycles. The molecule has 0 aliphatic heterocycles. The van der Waals surface area contributed by atoms with E-state index in [1.807, 2.05) is 26.8 Å². The Bertz CT molecular complexity index is 489. The number of rotatable bonds is 7. The summed E-state index contributed by atoms with van der Waals surface area (Å²) < 4.78 is 19.1. The number of nitrogens with one attached hydrogen (secondary N) is 2. The second kappa shape index (κ2) is 9.41. The predicted octanol–water partition coefficient (Wildman–Crippen LogP) is 3.18. The van der Waals surface area contributed by atoms with E-state index >= 15 is 0 Å². The summed E-state index contributed by atoms with van der Waals surface area (Å²) >= 11 is 0. The molecule has 0 saturated heterocycles. The molecule has 22 heavy (non-hydrogen) atoms. The first-order chi connectivity index (χ1) is 10.4. The molecule has 1 atom stereocenters. The van der Waals surface area contributed by atoms with Crippen LogP contribution in [-0.4, -0.2) is 32.3 Å². The Morgan fingerprint density at radius 3 is 2.64 bits per heavy atom. The molecule has 0 saturated carbocycles. The van der Waals surface area contributed by atoms with E-state index in [4.69, 9.17) is 4.74 Å². The SMILES string of the molecule is CN=C(NCCCOC(C)C)NC(C)c1ccc(C)c(F)c1. The van der Waals surface area contributed by atoms with Crippen LogP contribution in [0.2, 0.25) is 0 Å². The van der Waals surface area contributed by atoms with Crippen LogP contribution in [0, 0.1) is 12.7 Å². The summed E-state index contributed by atoms with van der Waals surface area (Å²) in [5.74, 6) is 0.526. The minimum absolute atomic E-state index is 0.0202. The average Bonchev–Trinajstić information content (AvgIpc) is 2.47. The topological polar surface area (TPSA) is 45.7 Å². The quantitative estimate of drug-likeness (QED) is 0.462. The van der Waals surface area contributed by atoms with E-state index in [0.29, 0.717) is 11.5 Å². The van der Waals surface area contributed by atoms with E-state index < -0.39 is 0 Å². The molecule has 4 nitrogen and oxygen atoms in total. The number of benzene rings is 1. The maximum Gasteiger partial charge on any atom is 0.191 e. The standard InChI is InChI=1S/C17H28FN3O/c1-12(2)22-10-6-9-20-17(19-5)21-14(4)15-8-7-13(3)16(18)11-15/h7-8,11-12,14H,6,9-10H2,1-5H3,(H2,19,20,21). The molecule has 1 aromatic rings. The van der Waals surface area contributed by atoms with Gasteiger partial charge < -0.3 is 15.4 Å². The zero-order chi connectivity index (χ0) is 16.5. The van der Waals surface area contributed by atoms with Crippen molar-refractivity contribution in [3.8, 4) is 0 Å². The number of guanidine groups is 1. The number of halogens is 1. The highest BCUT2D eigenvalue weighted by atomic mass is 19.1. The molecule has 0 amide bonds. The van der Waals surface area contributed by atoms with Crippen molar-refractivity contribution in [2.75, 3.05) is 20.2 Å². The summed E-state index contributed by atoms with van der Waals surface area (Å²) in [6, 6.07) is 5.27. The van der Waals surface area contributed by atoms with Crippen LogP contribution in [0.3, 0.4) is 0 Å². The Hall–Kier alpha value is -1.62. The van der Waals surface area contributed by atoms with Gasteiger partial charge in [0.25, 0.3) is 0 Å². The van der Waals surface area contributed by atoms with Gasteiger partial charge in [-0.2, -0.15) is 0 Å². The number of nitrogens with zero attached hydrogens (tertiary/aromatic N) is 1. The molecular formula is C17H28FN3O. The molecule has 0 aromatic heterocycles. The third kappa shape index (κ3) is 6.43. The zero-order valence-corrected chi connectivity index (χ0v) is 14.2. The normalized spacial score (nSPS) is 13.3. The van der Waals surface area contributed by atoms with Crippen molar-refractivity contribution in [3.63, 3.8) is 0 Å². The monoisotopic (exact) mass is 309 g/mol. The lowest BCUT2D eigenvalue weighted by molar-refractivity contribution is 0.0776. The highest BCUT2D eigenvalue weighted by Crippen LogP contribution is 2.16. The first-order valence-corrected chi connectivity index (χ1v) is 7.79. The van der Waals surface area contributed by atoms with E-state index in [1.54, 1.807) is 26.1 Å². The van der Waals surface area contributed by atoms with Crippen molar-refractivity contribution < 1.29 is 9.13 Å². The number of aliphatic imine (C=N–C) groups is 1. The molecule has 1 unspecified atom stereocenters. The third-order valence-corrected chi connectivity index (χ3v) is 3.34. The van der Waals surface area contributed by atoms with Gasteiger partial charge in [-0.25, -0.2) is 4.39 Å². The number of aryl methyl sites for hydroxylation is 1. The van der Waals surface area contributed by atoms with E-state index in [9.17, 15) is 4.39 Å².